The van der Waals surface area contributed by atoms with Gasteiger partial charge in [-0.3, -0.25) is 14.6 Å². The molecule has 0 saturated carbocycles. The molecule has 136 valence electrons. The Morgan fingerprint density at radius 2 is 1.77 bits per heavy atom. The maximum atomic E-state index is 12.5. The van der Waals surface area contributed by atoms with Crippen molar-refractivity contribution in [2.45, 2.75) is 18.9 Å². The van der Waals surface area contributed by atoms with Crippen molar-refractivity contribution >= 4 is 17.5 Å². The van der Waals surface area contributed by atoms with Crippen molar-refractivity contribution in [2.24, 2.45) is 0 Å². The third kappa shape index (κ3) is 4.20. The van der Waals surface area contributed by atoms with E-state index in [9.17, 15) is 9.59 Å². The molecule has 0 radical (unpaired) electrons. The number of amides is 2. The van der Waals surface area contributed by atoms with Crippen LogP contribution in [-0.4, -0.2) is 54.9 Å². The minimum absolute atomic E-state index is 0.0239. The van der Waals surface area contributed by atoms with Crippen LogP contribution in [0, 0.1) is 0 Å². The number of nitrogens with zero attached hydrogens (tertiary/aromatic N) is 3. The number of nitrogens with one attached hydrogen (secondary N) is 1. The fourth-order valence-corrected chi connectivity index (χ4v) is 3.10. The van der Waals surface area contributed by atoms with Crippen LogP contribution in [0.4, 0.5) is 5.69 Å². The summed E-state index contributed by atoms with van der Waals surface area (Å²) in [5.74, 6) is -0.0385. The number of benzene rings is 1. The van der Waals surface area contributed by atoms with Crippen LogP contribution >= 0.6 is 0 Å². The Balaban J connectivity index is 1.55. The summed E-state index contributed by atoms with van der Waals surface area (Å²) in [7, 11) is 3.90. The number of hydrogen-bond donors (Lipinski definition) is 1. The van der Waals surface area contributed by atoms with E-state index in [1.165, 1.54) is 0 Å². The fraction of sp³-hybridized carbons (Fsp3) is 0.350. The molecule has 1 fully saturated rings. The Hall–Kier alpha value is -2.89. The van der Waals surface area contributed by atoms with Gasteiger partial charge in [-0.05, 0) is 43.2 Å². The maximum Gasteiger partial charge on any atom is 0.253 e. The number of anilines is 1. The molecule has 0 unspecified atom stereocenters. The van der Waals surface area contributed by atoms with Crippen molar-refractivity contribution in [2.75, 3.05) is 32.1 Å². The number of hydrogen-bond acceptors (Lipinski definition) is 4. The molecular formula is C20H24N4O2. The predicted octanol–water partition coefficient (Wildman–Crippen LogP) is 2.18. The highest BCUT2D eigenvalue weighted by atomic mass is 16.2. The zero-order chi connectivity index (χ0) is 18.5. The molecule has 1 aliphatic heterocycles. The van der Waals surface area contributed by atoms with Crippen molar-refractivity contribution < 1.29 is 9.59 Å². The minimum atomic E-state index is -0.0624. The minimum Gasteiger partial charge on any atom is -0.378 e. The van der Waals surface area contributed by atoms with E-state index in [0.29, 0.717) is 24.2 Å². The van der Waals surface area contributed by atoms with E-state index in [0.717, 1.165) is 18.5 Å². The molecule has 0 bridgehead atoms. The van der Waals surface area contributed by atoms with Gasteiger partial charge in [-0.15, -0.1) is 0 Å². The molecule has 2 heterocycles. The Morgan fingerprint density at radius 3 is 2.42 bits per heavy atom. The number of aromatic nitrogens is 1. The Bertz CT molecular complexity index is 768. The standard InChI is InChI=1S/C20H24N4O2/c1-23(2)18-5-3-4-16(14-18)19(25)22-17-8-12-24(13-9-17)20(26)15-6-10-21-11-7-15/h3-7,10-11,14,17H,8-9,12-13H2,1-2H3,(H,22,25). The van der Waals surface area contributed by atoms with Gasteiger partial charge >= 0.3 is 0 Å². The summed E-state index contributed by atoms with van der Waals surface area (Å²) in [6.07, 6.45) is 4.77. The summed E-state index contributed by atoms with van der Waals surface area (Å²) in [4.78, 5) is 32.7. The van der Waals surface area contributed by atoms with Gasteiger partial charge in [0, 0.05) is 62.4 Å². The molecule has 0 atom stereocenters. The van der Waals surface area contributed by atoms with Gasteiger partial charge in [-0.25, -0.2) is 0 Å². The van der Waals surface area contributed by atoms with Crippen LogP contribution < -0.4 is 10.2 Å². The van der Waals surface area contributed by atoms with E-state index in [4.69, 9.17) is 0 Å². The molecule has 1 saturated heterocycles. The van der Waals surface area contributed by atoms with Crippen LogP contribution in [-0.2, 0) is 0 Å². The molecule has 26 heavy (non-hydrogen) atoms. The van der Waals surface area contributed by atoms with Crippen LogP contribution in [0.25, 0.3) is 0 Å². The van der Waals surface area contributed by atoms with Crippen molar-refractivity contribution in [3.63, 3.8) is 0 Å². The van der Waals surface area contributed by atoms with Crippen LogP contribution in [0.5, 0.6) is 0 Å². The van der Waals surface area contributed by atoms with Crippen molar-refractivity contribution in [3.8, 4) is 0 Å². The monoisotopic (exact) mass is 352 g/mol. The number of carbonyl (C=O) groups excluding carboxylic acids is 2. The second-order valence-corrected chi connectivity index (χ2v) is 6.72. The molecule has 1 aromatic heterocycles. The molecule has 1 aromatic carbocycles. The van der Waals surface area contributed by atoms with E-state index >= 15 is 0 Å². The lowest BCUT2D eigenvalue weighted by Crippen LogP contribution is -2.46. The first kappa shape index (κ1) is 17.9. The number of rotatable bonds is 4. The third-order valence-corrected chi connectivity index (χ3v) is 4.67. The van der Waals surface area contributed by atoms with Gasteiger partial charge in [0.1, 0.15) is 0 Å². The number of pyridine rings is 1. The molecule has 2 amide bonds. The molecule has 0 aliphatic carbocycles. The smallest absolute Gasteiger partial charge is 0.253 e. The van der Waals surface area contributed by atoms with Crippen LogP contribution in [0.15, 0.2) is 48.8 Å². The molecular weight excluding hydrogens is 328 g/mol. The van der Waals surface area contributed by atoms with E-state index < -0.39 is 0 Å². The van der Waals surface area contributed by atoms with E-state index in [2.05, 4.69) is 10.3 Å². The van der Waals surface area contributed by atoms with Gasteiger partial charge in [0.25, 0.3) is 11.8 Å². The normalized spacial score (nSPS) is 14.8. The third-order valence-electron chi connectivity index (χ3n) is 4.67. The number of likely N-dealkylation sites (tertiary alicyclic amines) is 1. The molecule has 6 heteroatoms. The van der Waals surface area contributed by atoms with Gasteiger partial charge in [-0.2, -0.15) is 0 Å². The highest BCUT2D eigenvalue weighted by molar-refractivity contribution is 5.95. The second kappa shape index (κ2) is 7.99. The van der Waals surface area contributed by atoms with Crippen molar-refractivity contribution in [1.29, 1.82) is 0 Å². The molecule has 1 aliphatic rings. The van der Waals surface area contributed by atoms with E-state index in [1.807, 2.05) is 48.2 Å². The van der Waals surface area contributed by atoms with Gasteiger partial charge in [0.2, 0.25) is 0 Å². The number of piperidine rings is 1. The fourth-order valence-electron chi connectivity index (χ4n) is 3.10. The van der Waals surface area contributed by atoms with Crippen molar-refractivity contribution in [1.82, 2.24) is 15.2 Å². The van der Waals surface area contributed by atoms with Crippen LogP contribution in [0.3, 0.4) is 0 Å². The summed E-state index contributed by atoms with van der Waals surface area (Å²) in [6, 6.07) is 11.1. The van der Waals surface area contributed by atoms with Crippen LogP contribution in [0.1, 0.15) is 33.6 Å². The molecule has 6 nitrogen and oxygen atoms in total. The lowest BCUT2D eigenvalue weighted by Gasteiger charge is -2.32. The lowest BCUT2D eigenvalue weighted by molar-refractivity contribution is 0.0698. The largest absolute Gasteiger partial charge is 0.378 e. The van der Waals surface area contributed by atoms with Gasteiger partial charge in [-0.1, -0.05) is 6.07 Å². The van der Waals surface area contributed by atoms with Crippen LogP contribution in [0.2, 0.25) is 0 Å². The molecule has 1 N–H and O–H groups in total. The Morgan fingerprint density at radius 1 is 1.08 bits per heavy atom. The van der Waals surface area contributed by atoms with E-state index in [1.54, 1.807) is 24.5 Å². The maximum absolute atomic E-state index is 12.5. The molecule has 0 spiro atoms. The SMILES string of the molecule is CN(C)c1cccc(C(=O)NC2CCN(C(=O)c3ccncc3)CC2)c1. The first-order valence-electron chi connectivity index (χ1n) is 8.82. The molecule has 2 aromatic rings. The van der Waals surface area contributed by atoms with Gasteiger partial charge in [0.05, 0.1) is 0 Å². The summed E-state index contributed by atoms with van der Waals surface area (Å²) >= 11 is 0. The Kier molecular flexibility index (Phi) is 5.51. The topological polar surface area (TPSA) is 65.5 Å². The predicted molar refractivity (Wildman–Crippen MR) is 101 cm³/mol. The second-order valence-electron chi connectivity index (χ2n) is 6.72. The van der Waals surface area contributed by atoms with Gasteiger partial charge in [0.15, 0.2) is 0 Å². The summed E-state index contributed by atoms with van der Waals surface area (Å²) in [5.41, 5.74) is 2.31. The zero-order valence-corrected chi connectivity index (χ0v) is 15.2. The van der Waals surface area contributed by atoms with Gasteiger partial charge < -0.3 is 15.1 Å². The highest BCUT2D eigenvalue weighted by Crippen LogP contribution is 2.16. The van der Waals surface area contributed by atoms with E-state index in [-0.39, 0.29) is 17.9 Å². The van der Waals surface area contributed by atoms with Crippen molar-refractivity contribution in [3.05, 3.63) is 59.9 Å². The molecule has 3 rings (SSSR count). The average molecular weight is 352 g/mol. The summed E-state index contributed by atoms with van der Waals surface area (Å²) in [6.45, 7) is 1.29. The summed E-state index contributed by atoms with van der Waals surface area (Å²) in [5, 5.41) is 3.10. The average Bonchev–Trinajstić information content (AvgIpc) is 2.68. The quantitative estimate of drug-likeness (QED) is 0.916. The lowest BCUT2D eigenvalue weighted by atomic mass is 10.0. The summed E-state index contributed by atoms with van der Waals surface area (Å²) < 4.78 is 0. The Labute approximate surface area is 153 Å². The first-order valence-corrected chi connectivity index (χ1v) is 8.82. The first-order chi connectivity index (χ1) is 12.5. The zero-order valence-electron chi connectivity index (χ0n) is 15.2. The highest BCUT2D eigenvalue weighted by Gasteiger charge is 2.24. The number of carbonyl (C=O) groups is 2.